The summed E-state index contributed by atoms with van der Waals surface area (Å²) in [7, 11) is -3.88. The first-order valence-corrected chi connectivity index (χ1v) is 12.9. The minimum absolute atomic E-state index is 0.0269. The zero-order valence-electron chi connectivity index (χ0n) is 18.0. The van der Waals surface area contributed by atoms with Gasteiger partial charge in [-0.25, -0.2) is 8.42 Å². The van der Waals surface area contributed by atoms with E-state index in [2.05, 4.69) is 13.7 Å². The molecule has 166 valence electrons. The molecule has 0 aliphatic heterocycles. The van der Waals surface area contributed by atoms with Crippen molar-refractivity contribution in [3.8, 4) is 0 Å². The van der Waals surface area contributed by atoms with Gasteiger partial charge in [0.1, 0.15) is 15.9 Å². The fraction of sp³-hybridized carbons (Fsp3) is 0.348. The van der Waals surface area contributed by atoms with Crippen molar-refractivity contribution in [3.05, 3.63) is 63.4 Å². The Balaban J connectivity index is 1.62. The lowest BCUT2D eigenvalue weighted by atomic mass is 10.0. The first-order valence-electron chi connectivity index (χ1n) is 10.7. The van der Waals surface area contributed by atoms with Crippen molar-refractivity contribution in [3.63, 3.8) is 0 Å². The first-order chi connectivity index (χ1) is 15.4. The minimum Gasteiger partial charge on any atom is -0.321 e. The van der Waals surface area contributed by atoms with Gasteiger partial charge < -0.3 is 4.98 Å². The molecule has 1 saturated carbocycles. The molecule has 0 unspecified atom stereocenters. The van der Waals surface area contributed by atoms with E-state index in [1.54, 1.807) is 18.2 Å². The number of sulfonamides is 1. The van der Waals surface area contributed by atoms with E-state index in [0.29, 0.717) is 16.6 Å². The highest BCUT2D eigenvalue weighted by molar-refractivity contribution is 7.89. The maximum atomic E-state index is 13.9. The average molecular weight is 469 g/mol. The van der Waals surface area contributed by atoms with Crippen LogP contribution in [0.4, 0.5) is 0 Å². The summed E-state index contributed by atoms with van der Waals surface area (Å²) in [5.41, 5.74) is 4.07. The molecule has 5 rings (SSSR count). The summed E-state index contributed by atoms with van der Waals surface area (Å²) in [6.07, 6.45) is 3.53. The van der Waals surface area contributed by atoms with Crippen LogP contribution in [0.15, 0.2) is 46.1 Å². The molecule has 2 heterocycles. The lowest BCUT2D eigenvalue weighted by Gasteiger charge is -2.28. The molecule has 0 amide bonds. The zero-order valence-corrected chi connectivity index (χ0v) is 19.6. The van der Waals surface area contributed by atoms with Crippen molar-refractivity contribution in [1.29, 1.82) is 0 Å². The Labute approximate surface area is 190 Å². The predicted octanol–water partition coefficient (Wildman–Crippen LogP) is 4.28. The van der Waals surface area contributed by atoms with E-state index in [0.717, 1.165) is 59.4 Å². The molecule has 9 heteroatoms. The van der Waals surface area contributed by atoms with Gasteiger partial charge in [-0.05, 0) is 61.4 Å². The second-order valence-electron chi connectivity index (χ2n) is 8.47. The van der Waals surface area contributed by atoms with Gasteiger partial charge in [0.05, 0.1) is 17.2 Å². The number of nitrogens with one attached hydrogen (secondary N) is 1. The number of aryl methyl sites for hydroxylation is 2. The maximum absolute atomic E-state index is 13.9. The van der Waals surface area contributed by atoms with E-state index >= 15 is 0 Å². The molecular weight excluding hydrogens is 444 g/mol. The summed E-state index contributed by atoms with van der Waals surface area (Å²) >= 11 is 0.999. The monoisotopic (exact) mass is 468 g/mol. The van der Waals surface area contributed by atoms with Gasteiger partial charge in [0.25, 0.3) is 5.56 Å². The normalized spacial score (nSPS) is 15.3. The van der Waals surface area contributed by atoms with E-state index in [-0.39, 0.29) is 23.0 Å². The maximum Gasteiger partial charge on any atom is 0.252 e. The SMILES string of the molecule is Cc1ccc2cc(CN(C3CCCC3)S(=O)(=O)c3cccc4nsnc34)c(=O)[nH]c2c1C. The molecule has 0 radical (unpaired) electrons. The van der Waals surface area contributed by atoms with Crippen LogP contribution in [0.1, 0.15) is 42.4 Å². The van der Waals surface area contributed by atoms with Gasteiger partial charge in [-0.1, -0.05) is 31.0 Å². The number of aromatic amines is 1. The van der Waals surface area contributed by atoms with Crippen LogP contribution < -0.4 is 5.56 Å². The van der Waals surface area contributed by atoms with Crippen molar-refractivity contribution < 1.29 is 8.42 Å². The Kier molecular flexibility index (Phi) is 5.35. The van der Waals surface area contributed by atoms with E-state index in [1.807, 2.05) is 32.0 Å². The molecule has 0 saturated heterocycles. The quantitative estimate of drug-likeness (QED) is 0.472. The van der Waals surface area contributed by atoms with Crippen LogP contribution in [0.3, 0.4) is 0 Å². The van der Waals surface area contributed by atoms with Crippen LogP contribution in [0.25, 0.3) is 21.9 Å². The smallest absolute Gasteiger partial charge is 0.252 e. The van der Waals surface area contributed by atoms with Gasteiger partial charge >= 0.3 is 0 Å². The summed E-state index contributed by atoms with van der Waals surface area (Å²) < 4.78 is 37.6. The molecule has 0 bridgehead atoms. The molecule has 0 spiro atoms. The molecule has 2 aromatic heterocycles. The third kappa shape index (κ3) is 3.54. The Morgan fingerprint density at radius 1 is 1.12 bits per heavy atom. The number of aromatic nitrogens is 3. The molecule has 32 heavy (non-hydrogen) atoms. The van der Waals surface area contributed by atoms with Gasteiger partial charge in [-0.3, -0.25) is 4.79 Å². The summed E-state index contributed by atoms with van der Waals surface area (Å²) in [5.74, 6) is 0. The topological polar surface area (TPSA) is 96.0 Å². The number of benzene rings is 2. The van der Waals surface area contributed by atoms with Crippen LogP contribution in [0.2, 0.25) is 0 Å². The van der Waals surface area contributed by atoms with Crippen LogP contribution in [-0.2, 0) is 16.6 Å². The molecule has 2 aromatic carbocycles. The molecule has 0 atom stereocenters. The molecule has 7 nitrogen and oxygen atoms in total. The van der Waals surface area contributed by atoms with Crippen molar-refractivity contribution in [1.82, 2.24) is 18.0 Å². The fourth-order valence-electron chi connectivity index (χ4n) is 4.57. The van der Waals surface area contributed by atoms with E-state index in [4.69, 9.17) is 0 Å². The van der Waals surface area contributed by atoms with Crippen molar-refractivity contribution in [2.24, 2.45) is 0 Å². The number of H-pyrrole nitrogens is 1. The Morgan fingerprint density at radius 2 is 1.91 bits per heavy atom. The lowest BCUT2D eigenvalue weighted by Crippen LogP contribution is -2.39. The minimum atomic E-state index is -3.88. The van der Waals surface area contributed by atoms with Crippen molar-refractivity contribution in [2.75, 3.05) is 0 Å². The highest BCUT2D eigenvalue weighted by Gasteiger charge is 2.35. The third-order valence-electron chi connectivity index (χ3n) is 6.52. The number of hydrogen-bond donors (Lipinski definition) is 1. The van der Waals surface area contributed by atoms with Gasteiger partial charge in [0, 0.05) is 18.2 Å². The van der Waals surface area contributed by atoms with Crippen LogP contribution >= 0.6 is 11.7 Å². The molecule has 4 aromatic rings. The molecular formula is C23H24N4O3S2. The summed E-state index contributed by atoms with van der Waals surface area (Å²) in [4.78, 5) is 16.1. The molecule has 1 aliphatic carbocycles. The van der Waals surface area contributed by atoms with Crippen LogP contribution in [-0.4, -0.2) is 32.5 Å². The fourth-order valence-corrected chi connectivity index (χ4v) is 6.99. The standard InChI is InChI=1S/C23H24N4O3S2/c1-14-10-11-16-12-17(23(28)24-21(16)15(14)2)13-27(18-6-3-4-7-18)32(29,30)20-9-5-8-19-22(20)26-31-25-19/h5,8-12,18H,3-4,6-7,13H2,1-2H3,(H,24,28). The van der Waals surface area contributed by atoms with Gasteiger partial charge in [-0.15, -0.1) is 0 Å². The van der Waals surface area contributed by atoms with Crippen LogP contribution in [0.5, 0.6) is 0 Å². The van der Waals surface area contributed by atoms with Gasteiger partial charge in [0.15, 0.2) is 0 Å². The molecule has 1 aliphatic rings. The Morgan fingerprint density at radius 3 is 2.69 bits per heavy atom. The number of hydrogen-bond acceptors (Lipinski definition) is 6. The van der Waals surface area contributed by atoms with Gasteiger partial charge in [-0.2, -0.15) is 13.1 Å². The Bertz CT molecular complexity index is 1480. The summed E-state index contributed by atoms with van der Waals surface area (Å²) in [6, 6.07) is 10.7. The molecule has 1 fully saturated rings. The largest absolute Gasteiger partial charge is 0.321 e. The number of fused-ring (bicyclic) bond motifs is 2. The second kappa shape index (κ2) is 8.06. The zero-order chi connectivity index (χ0) is 22.5. The van der Waals surface area contributed by atoms with Crippen molar-refractivity contribution in [2.45, 2.75) is 57.0 Å². The second-order valence-corrected chi connectivity index (χ2v) is 10.9. The number of pyridine rings is 1. The van der Waals surface area contributed by atoms with E-state index in [1.165, 1.54) is 4.31 Å². The van der Waals surface area contributed by atoms with E-state index < -0.39 is 10.0 Å². The lowest BCUT2D eigenvalue weighted by molar-refractivity contribution is 0.315. The predicted molar refractivity (Wildman–Crippen MR) is 126 cm³/mol. The first kappa shape index (κ1) is 21.2. The van der Waals surface area contributed by atoms with Crippen LogP contribution in [0, 0.1) is 13.8 Å². The highest BCUT2D eigenvalue weighted by atomic mass is 32.2. The highest BCUT2D eigenvalue weighted by Crippen LogP contribution is 2.32. The van der Waals surface area contributed by atoms with Gasteiger partial charge in [0.2, 0.25) is 10.0 Å². The average Bonchev–Trinajstić information content (AvgIpc) is 3.47. The summed E-state index contributed by atoms with van der Waals surface area (Å²) in [6.45, 7) is 4.01. The van der Waals surface area contributed by atoms with E-state index in [9.17, 15) is 13.2 Å². The number of rotatable bonds is 5. The summed E-state index contributed by atoms with van der Waals surface area (Å²) in [5, 5.41) is 0.900. The number of nitrogens with zero attached hydrogens (tertiary/aromatic N) is 3. The van der Waals surface area contributed by atoms with Crippen molar-refractivity contribution >= 4 is 43.7 Å². The third-order valence-corrected chi connectivity index (χ3v) is 8.99. The Hall–Kier alpha value is -2.62. The molecule has 1 N–H and O–H groups in total.